The van der Waals surface area contributed by atoms with Gasteiger partial charge >= 0.3 is 0 Å². The summed E-state index contributed by atoms with van der Waals surface area (Å²) in [5.74, 6) is -2.55. The molecule has 0 radical (unpaired) electrons. The summed E-state index contributed by atoms with van der Waals surface area (Å²) in [5, 5.41) is 12.1. The van der Waals surface area contributed by atoms with E-state index in [-0.39, 0.29) is 68.7 Å². The van der Waals surface area contributed by atoms with Crippen molar-refractivity contribution in [2.24, 2.45) is 29.0 Å². The molecule has 0 aliphatic carbocycles. The molecule has 1 aliphatic heterocycles. The monoisotopic (exact) mass is 929 g/mol. The Labute approximate surface area is 400 Å². The first-order chi connectivity index (χ1) is 32.4. The Balaban J connectivity index is 1.58. The number of nitrogens with two attached hydrogens (primary N) is 3. The van der Waals surface area contributed by atoms with Crippen LogP contribution in [-0.4, -0.2) is 90.0 Å². The number of hydrogen-bond donors (Lipinski definition) is 4. The molecule has 4 aromatic rings. The van der Waals surface area contributed by atoms with Crippen LogP contribution in [0.4, 0.5) is 0 Å². The van der Waals surface area contributed by atoms with Gasteiger partial charge in [-0.3, -0.25) is 24.0 Å². The van der Waals surface area contributed by atoms with E-state index in [2.05, 4.69) is 26.1 Å². The lowest BCUT2D eigenvalue weighted by Gasteiger charge is -2.32. The number of nitrogens with zero attached hydrogens (tertiary/aromatic N) is 4. The average Bonchev–Trinajstić information content (AvgIpc) is 3.30. The maximum atomic E-state index is 14.9. The van der Waals surface area contributed by atoms with Crippen molar-refractivity contribution in [1.29, 1.82) is 5.26 Å². The van der Waals surface area contributed by atoms with E-state index in [1.807, 2.05) is 42.5 Å². The lowest BCUT2D eigenvalue weighted by atomic mass is 9.86. The molecule has 15 nitrogen and oxygen atoms in total. The number of ether oxygens (including phenoxy) is 2. The molecule has 0 saturated carbocycles. The van der Waals surface area contributed by atoms with Gasteiger partial charge in [0.05, 0.1) is 42.3 Å². The number of fused-ring (bicyclic) bond motifs is 5. The number of nitriles is 1. The minimum absolute atomic E-state index is 0.0281. The summed E-state index contributed by atoms with van der Waals surface area (Å²) in [5.41, 5.74) is 23.2. The van der Waals surface area contributed by atoms with Gasteiger partial charge in [-0.15, -0.1) is 0 Å². The average molecular weight is 929 g/mol. The van der Waals surface area contributed by atoms with E-state index in [1.165, 1.54) is 17.5 Å². The van der Waals surface area contributed by atoms with Crippen LogP contribution in [-0.2, 0) is 31.0 Å². The molecule has 362 valence electrons. The van der Waals surface area contributed by atoms with Crippen molar-refractivity contribution in [2.45, 2.75) is 110 Å². The minimum Gasteiger partial charge on any atom is -0.493 e. The Kier molecular flexibility index (Phi) is 18.6. The molecular formula is C53H68N8O7. The van der Waals surface area contributed by atoms with E-state index in [0.29, 0.717) is 89.1 Å². The maximum absolute atomic E-state index is 14.9. The summed E-state index contributed by atoms with van der Waals surface area (Å²) in [6.45, 7) is 13.0. The van der Waals surface area contributed by atoms with Gasteiger partial charge in [-0.05, 0) is 106 Å². The largest absolute Gasteiger partial charge is 0.493 e. The zero-order valence-electron chi connectivity index (χ0n) is 40.7. The zero-order valence-corrected chi connectivity index (χ0v) is 40.7. The normalized spacial score (nSPS) is 16.8. The molecule has 2 amide bonds. The summed E-state index contributed by atoms with van der Waals surface area (Å²) in [4.78, 5) is 82.2. The van der Waals surface area contributed by atoms with E-state index in [1.54, 1.807) is 45.0 Å². The number of rotatable bonds is 19. The highest BCUT2D eigenvalue weighted by atomic mass is 16.5. The number of ketones is 3. The predicted molar refractivity (Wildman–Crippen MR) is 262 cm³/mol. The lowest BCUT2D eigenvalue weighted by molar-refractivity contribution is -0.142. The number of aromatic nitrogens is 2. The number of benzene rings is 3. The number of likely N-dealkylation sites (N-methyl/N-ethyl adjacent to an activating group) is 1. The summed E-state index contributed by atoms with van der Waals surface area (Å²) in [6, 6.07) is 18.5. The number of carbonyl (C=O) groups excluding carboxylic acids is 5. The molecule has 0 fully saturated rings. The molecule has 68 heavy (non-hydrogen) atoms. The Hall–Kier alpha value is -6.34. The fraction of sp³-hybridized carbons (Fsp3) is 0.472. The molecule has 1 aliphatic rings. The molecule has 0 unspecified atom stereocenters. The van der Waals surface area contributed by atoms with Gasteiger partial charge in [0, 0.05) is 61.3 Å². The number of aryl methyl sites for hydroxylation is 2. The summed E-state index contributed by atoms with van der Waals surface area (Å²) in [6.07, 6.45) is 0.763. The topological polar surface area (TPSA) is 247 Å². The first-order valence-corrected chi connectivity index (χ1v) is 23.5. The third kappa shape index (κ3) is 13.2. The van der Waals surface area contributed by atoms with Crippen LogP contribution in [0.2, 0.25) is 0 Å². The molecule has 15 heteroatoms. The molecule has 0 saturated heterocycles. The van der Waals surface area contributed by atoms with Crippen LogP contribution in [0.1, 0.15) is 117 Å². The van der Waals surface area contributed by atoms with Crippen molar-refractivity contribution in [3.8, 4) is 40.1 Å². The van der Waals surface area contributed by atoms with Crippen LogP contribution in [0.15, 0.2) is 60.7 Å². The molecule has 3 aromatic carbocycles. The summed E-state index contributed by atoms with van der Waals surface area (Å²) < 4.78 is 12.6. The smallest absolute Gasteiger partial charge is 0.226 e. The third-order valence-corrected chi connectivity index (χ3v) is 12.3. The number of amides is 2. The summed E-state index contributed by atoms with van der Waals surface area (Å²) >= 11 is 0. The van der Waals surface area contributed by atoms with Gasteiger partial charge < -0.3 is 36.9 Å². The van der Waals surface area contributed by atoms with E-state index in [0.717, 1.165) is 5.56 Å². The van der Waals surface area contributed by atoms with Crippen LogP contribution >= 0.6 is 0 Å². The second kappa shape index (κ2) is 24.1. The minimum atomic E-state index is -1.23. The van der Waals surface area contributed by atoms with E-state index in [9.17, 15) is 29.2 Å². The van der Waals surface area contributed by atoms with E-state index in [4.69, 9.17) is 36.6 Å². The number of Topliss-reactive ketones (excluding diaryl/α,β-unsaturated/α-hetero) is 3. The standard InChI is InChI=1S/C53H68N8O7/c1-32-27-45(64)49(61(7)52(66)38(20-24-57)31-44(63)48-33(2)58-50(59-34(48)3)36-13-16-39(17-14-36)53(4,5)6)37-15-19-47(68-26-10-23-56)41(30-37)40-28-35(12-18-46(40)67-25-9-22-55)29-42(60-51(32)65)43(62)11-8-21-54/h12-19,28,30,32,38,42,49H,8-11,20,22-27,29,31,55-57H2,1-7H3,(H,60,65)/t32-,38-,42+,49+/m1/s1. The van der Waals surface area contributed by atoms with Crippen LogP contribution in [0.25, 0.3) is 22.5 Å². The third-order valence-electron chi connectivity index (χ3n) is 12.3. The molecular weight excluding hydrogens is 861 g/mol. The molecule has 4 bridgehead atoms. The van der Waals surface area contributed by atoms with Crippen molar-refractivity contribution >= 4 is 29.2 Å². The lowest BCUT2D eigenvalue weighted by Crippen LogP contribution is -2.46. The maximum Gasteiger partial charge on any atom is 0.226 e. The Morgan fingerprint density at radius 2 is 1.47 bits per heavy atom. The SMILES string of the molecule is Cc1nc(-c2ccc(C(C)(C)C)cc2)nc(C)c1C(=O)C[C@@H](CCN)C(=O)N(C)[C@@H]1C(=O)C[C@@H](C)C(=O)N[C@H](C(=O)CCC#N)Cc2ccc(OCCCN)c(c2)-c2cc1ccc2OCCCN. The van der Waals surface area contributed by atoms with Gasteiger partial charge in [0.2, 0.25) is 11.8 Å². The van der Waals surface area contributed by atoms with Gasteiger partial charge in [0.15, 0.2) is 23.2 Å². The fourth-order valence-corrected chi connectivity index (χ4v) is 8.53. The number of nitrogens with one attached hydrogen (secondary N) is 1. The predicted octanol–water partition coefficient (Wildman–Crippen LogP) is 6.43. The summed E-state index contributed by atoms with van der Waals surface area (Å²) in [7, 11) is 1.52. The van der Waals surface area contributed by atoms with Crippen LogP contribution in [0.3, 0.4) is 0 Å². The van der Waals surface area contributed by atoms with Gasteiger partial charge in [0.25, 0.3) is 0 Å². The van der Waals surface area contributed by atoms with Crippen LogP contribution in [0, 0.1) is 37.0 Å². The van der Waals surface area contributed by atoms with Gasteiger partial charge in [-0.1, -0.05) is 64.1 Å². The van der Waals surface area contributed by atoms with Gasteiger partial charge in [-0.2, -0.15) is 5.26 Å². The molecule has 1 aromatic heterocycles. The highest BCUT2D eigenvalue weighted by Crippen LogP contribution is 2.41. The molecule has 7 N–H and O–H groups in total. The highest BCUT2D eigenvalue weighted by Gasteiger charge is 2.36. The van der Waals surface area contributed by atoms with Gasteiger partial charge in [-0.25, -0.2) is 9.97 Å². The Bertz CT molecular complexity index is 2470. The molecule has 4 atom stereocenters. The highest BCUT2D eigenvalue weighted by molar-refractivity contribution is 6.01. The van der Waals surface area contributed by atoms with E-state index >= 15 is 0 Å². The van der Waals surface area contributed by atoms with Crippen molar-refractivity contribution in [3.05, 3.63) is 94.3 Å². The van der Waals surface area contributed by atoms with E-state index < -0.39 is 41.5 Å². The van der Waals surface area contributed by atoms with Crippen LogP contribution < -0.4 is 32.0 Å². The molecule has 2 heterocycles. The second-order valence-electron chi connectivity index (χ2n) is 18.7. The zero-order chi connectivity index (χ0) is 49.7. The first kappa shape index (κ1) is 52.6. The van der Waals surface area contributed by atoms with Crippen molar-refractivity contribution < 1.29 is 33.4 Å². The van der Waals surface area contributed by atoms with Gasteiger partial charge in [0.1, 0.15) is 17.5 Å². The number of carbonyl (C=O) groups is 5. The Morgan fingerprint density at radius 3 is 2.04 bits per heavy atom. The number of hydrogen-bond acceptors (Lipinski definition) is 13. The first-order valence-electron chi connectivity index (χ1n) is 23.5. The van der Waals surface area contributed by atoms with Crippen molar-refractivity contribution in [2.75, 3.05) is 39.9 Å². The van der Waals surface area contributed by atoms with Crippen LogP contribution in [0.5, 0.6) is 11.5 Å². The van der Waals surface area contributed by atoms with Crippen molar-refractivity contribution in [3.63, 3.8) is 0 Å². The Morgan fingerprint density at radius 1 is 0.868 bits per heavy atom. The second-order valence-corrected chi connectivity index (χ2v) is 18.7. The van der Waals surface area contributed by atoms with Crippen molar-refractivity contribution in [1.82, 2.24) is 20.2 Å². The quantitative estimate of drug-likeness (QED) is 0.0586. The molecule has 0 spiro atoms. The molecule has 5 rings (SSSR count). The fourth-order valence-electron chi connectivity index (χ4n) is 8.53.